The molecule has 0 spiro atoms. The maximum Gasteiger partial charge on any atom is 0.295 e. The van der Waals surface area contributed by atoms with Gasteiger partial charge in [-0.3, -0.25) is 9.59 Å². The summed E-state index contributed by atoms with van der Waals surface area (Å²) in [5, 5.41) is 11.1. The van der Waals surface area contributed by atoms with E-state index >= 15 is 0 Å². The summed E-state index contributed by atoms with van der Waals surface area (Å²) in [4.78, 5) is 31.8. The number of carbonyl (C=O) groups excluding carboxylic acids is 2. The number of benzene rings is 2. The molecule has 0 radical (unpaired) electrons. The van der Waals surface area contributed by atoms with Crippen LogP contribution in [0.3, 0.4) is 0 Å². The molecule has 7 heteroatoms. The normalized spacial score (nSPS) is 17.8. The van der Waals surface area contributed by atoms with Gasteiger partial charge in [0.1, 0.15) is 5.76 Å². The van der Waals surface area contributed by atoms with E-state index in [-0.39, 0.29) is 11.3 Å². The lowest BCUT2D eigenvalue weighted by Gasteiger charge is -2.25. The average Bonchev–Trinajstić information content (AvgIpc) is 3.41. The first kappa shape index (κ1) is 23.0. The summed E-state index contributed by atoms with van der Waals surface area (Å²) in [7, 11) is 0. The Kier molecular flexibility index (Phi) is 6.79. The highest BCUT2D eigenvalue weighted by atomic mass is 79.9. The van der Waals surface area contributed by atoms with Crippen LogP contribution in [0.25, 0.3) is 5.76 Å². The summed E-state index contributed by atoms with van der Waals surface area (Å²) in [5.41, 5.74) is 2.60. The van der Waals surface area contributed by atoms with Gasteiger partial charge in [-0.1, -0.05) is 66.2 Å². The van der Waals surface area contributed by atoms with Crippen molar-refractivity contribution in [1.82, 2.24) is 14.5 Å². The standard InChI is InChI=1S/C26H26BrN3O3/c1-17(2)18-4-6-19(7-5-18)23-22(24(31)20-8-10-21(27)11-9-20)25(32)26(33)30(23)14-3-13-29-15-12-28-16-29/h4-12,15-17,23,31H,3,13-14H2,1-2H3/b24-22-. The van der Waals surface area contributed by atoms with Gasteiger partial charge in [0.15, 0.2) is 0 Å². The van der Waals surface area contributed by atoms with E-state index in [1.54, 1.807) is 41.7 Å². The summed E-state index contributed by atoms with van der Waals surface area (Å²) in [6, 6.07) is 14.3. The lowest BCUT2D eigenvalue weighted by atomic mass is 9.93. The van der Waals surface area contributed by atoms with Crippen LogP contribution in [0.1, 0.15) is 48.9 Å². The number of rotatable bonds is 7. The summed E-state index contributed by atoms with van der Waals surface area (Å²) in [6.07, 6.45) is 5.95. The highest BCUT2D eigenvalue weighted by molar-refractivity contribution is 9.10. The van der Waals surface area contributed by atoms with Gasteiger partial charge in [0.25, 0.3) is 11.7 Å². The molecule has 1 amide bonds. The number of ketones is 1. The number of amides is 1. The minimum atomic E-state index is -0.656. The minimum Gasteiger partial charge on any atom is -0.507 e. The quantitative estimate of drug-likeness (QED) is 0.268. The van der Waals surface area contributed by atoms with Crippen LogP contribution in [0.2, 0.25) is 0 Å². The molecule has 1 fully saturated rings. The minimum absolute atomic E-state index is 0.127. The van der Waals surface area contributed by atoms with E-state index in [4.69, 9.17) is 0 Å². The average molecular weight is 508 g/mol. The molecule has 0 saturated carbocycles. The number of aliphatic hydroxyl groups excluding tert-OH is 1. The number of imidazole rings is 1. The van der Waals surface area contributed by atoms with Gasteiger partial charge in [-0.15, -0.1) is 0 Å². The van der Waals surface area contributed by atoms with Crippen LogP contribution >= 0.6 is 15.9 Å². The summed E-state index contributed by atoms with van der Waals surface area (Å²) in [6.45, 7) is 5.29. The number of hydrogen-bond acceptors (Lipinski definition) is 4. The van der Waals surface area contributed by atoms with Crippen molar-refractivity contribution in [3.05, 3.63) is 94.0 Å². The lowest BCUT2D eigenvalue weighted by molar-refractivity contribution is -0.139. The van der Waals surface area contributed by atoms with Crippen LogP contribution < -0.4 is 0 Å². The molecule has 3 aromatic rings. The Bertz CT molecular complexity index is 1170. The molecule has 33 heavy (non-hydrogen) atoms. The van der Waals surface area contributed by atoms with Gasteiger partial charge in [-0.05, 0) is 35.6 Å². The number of aliphatic hydroxyl groups is 1. The van der Waals surface area contributed by atoms with Crippen LogP contribution in [-0.2, 0) is 16.1 Å². The zero-order valence-electron chi connectivity index (χ0n) is 18.6. The Labute approximate surface area is 201 Å². The molecule has 6 nitrogen and oxygen atoms in total. The van der Waals surface area contributed by atoms with Crippen molar-refractivity contribution < 1.29 is 14.7 Å². The molecule has 1 aliphatic heterocycles. The molecular formula is C26H26BrN3O3. The van der Waals surface area contributed by atoms with Crippen molar-refractivity contribution in [1.29, 1.82) is 0 Å². The molecular weight excluding hydrogens is 482 g/mol. The second-order valence-electron chi connectivity index (χ2n) is 8.47. The van der Waals surface area contributed by atoms with Crippen LogP contribution in [0.5, 0.6) is 0 Å². The first-order valence-electron chi connectivity index (χ1n) is 11.0. The van der Waals surface area contributed by atoms with Gasteiger partial charge in [-0.25, -0.2) is 4.98 Å². The molecule has 1 unspecified atom stereocenters. The Hall–Kier alpha value is -3.19. The van der Waals surface area contributed by atoms with E-state index in [9.17, 15) is 14.7 Å². The summed E-state index contributed by atoms with van der Waals surface area (Å²) >= 11 is 3.39. The maximum absolute atomic E-state index is 13.1. The zero-order chi connectivity index (χ0) is 23.5. The third-order valence-corrected chi connectivity index (χ3v) is 6.48. The zero-order valence-corrected chi connectivity index (χ0v) is 20.2. The van der Waals surface area contributed by atoms with E-state index in [0.29, 0.717) is 31.0 Å². The van der Waals surface area contributed by atoms with E-state index < -0.39 is 17.7 Å². The molecule has 170 valence electrons. The second-order valence-corrected chi connectivity index (χ2v) is 9.39. The van der Waals surface area contributed by atoms with Gasteiger partial charge in [0.2, 0.25) is 0 Å². The van der Waals surface area contributed by atoms with Gasteiger partial charge in [0.05, 0.1) is 17.9 Å². The number of carbonyl (C=O) groups is 2. The molecule has 0 aliphatic carbocycles. The van der Waals surface area contributed by atoms with Gasteiger partial charge in [-0.2, -0.15) is 0 Å². The van der Waals surface area contributed by atoms with Crippen LogP contribution in [0, 0.1) is 0 Å². The first-order valence-corrected chi connectivity index (χ1v) is 11.8. The fourth-order valence-electron chi connectivity index (χ4n) is 4.13. The highest BCUT2D eigenvalue weighted by Crippen LogP contribution is 2.40. The predicted molar refractivity (Wildman–Crippen MR) is 131 cm³/mol. The van der Waals surface area contributed by atoms with Crippen molar-refractivity contribution in [2.45, 2.75) is 38.8 Å². The van der Waals surface area contributed by atoms with E-state index in [1.807, 2.05) is 35.0 Å². The SMILES string of the molecule is CC(C)c1ccc(C2/C(=C(/O)c3ccc(Br)cc3)C(=O)C(=O)N2CCCn2ccnc2)cc1. The molecule has 4 rings (SSSR count). The van der Waals surface area contributed by atoms with Crippen molar-refractivity contribution in [2.24, 2.45) is 0 Å². The molecule has 1 aromatic heterocycles. The van der Waals surface area contributed by atoms with Gasteiger partial charge < -0.3 is 14.6 Å². The summed E-state index contributed by atoms with van der Waals surface area (Å²) in [5.74, 6) is -1.03. The van der Waals surface area contributed by atoms with E-state index in [2.05, 4.69) is 34.8 Å². The van der Waals surface area contributed by atoms with Crippen LogP contribution in [-0.4, -0.2) is 37.8 Å². The Balaban J connectivity index is 1.73. The number of halogens is 1. The lowest BCUT2D eigenvalue weighted by Crippen LogP contribution is -2.31. The number of nitrogens with zero attached hydrogens (tertiary/aromatic N) is 3. The summed E-state index contributed by atoms with van der Waals surface area (Å²) < 4.78 is 2.80. The first-order chi connectivity index (χ1) is 15.9. The van der Waals surface area contributed by atoms with E-state index in [1.165, 1.54) is 5.56 Å². The number of hydrogen-bond donors (Lipinski definition) is 1. The number of likely N-dealkylation sites (tertiary alicyclic amines) is 1. The van der Waals surface area contributed by atoms with Crippen molar-refractivity contribution in [3.63, 3.8) is 0 Å². The fourth-order valence-corrected chi connectivity index (χ4v) is 4.39. The molecule has 2 aromatic carbocycles. The number of aryl methyl sites for hydroxylation is 1. The molecule has 1 saturated heterocycles. The Morgan fingerprint density at radius 1 is 1.06 bits per heavy atom. The van der Waals surface area contributed by atoms with Gasteiger partial charge >= 0.3 is 0 Å². The predicted octanol–water partition coefficient (Wildman–Crippen LogP) is 5.28. The molecule has 1 aliphatic rings. The molecule has 2 heterocycles. The Morgan fingerprint density at radius 3 is 2.36 bits per heavy atom. The smallest absolute Gasteiger partial charge is 0.295 e. The number of aromatic nitrogens is 2. The van der Waals surface area contributed by atoms with Crippen LogP contribution in [0.15, 0.2) is 77.3 Å². The Morgan fingerprint density at radius 2 is 1.76 bits per heavy atom. The van der Waals surface area contributed by atoms with Crippen molar-refractivity contribution in [3.8, 4) is 0 Å². The van der Waals surface area contributed by atoms with Crippen molar-refractivity contribution >= 4 is 33.4 Å². The third-order valence-electron chi connectivity index (χ3n) is 5.95. The fraction of sp³-hybridized carbons (Fsp3) is 0.269. The van der Waals surface area contributed by atoms with E-state index in [0.717, 1.165) is 10.0 Å². The maximum atomic E-state index is 13.1. The third kappa shape index (κ3) is 4.78. The monoisotopic (exact) mass is 507 g/mol. The van der Waals surface area contributed by atoms with Crippen LogP contribution in [0.4, 0.5) is 0 Å². The largest absolute Gasteiger partial charge is 0.507 e. The molecule has 1 atom stereocenters. The second kappa shape index (κ2) is 9.75. The topological polar surface area (TPSA) is 75.4 Å². The molecule has 1 N–H and O–H groups in total. The highest BCUT2D eigenvalue weighted by Gasteiger charge is 2.45. The number of Topliss-reactive ketones (excluding diaryl/α,β-unsaturated/α-hetero) is 1. The van der Waals surface area contributed by atoms with Gasteiger partial charge in [0, 0.05) is 35.5 Å². The van der Waals surface area contributed by atoms with Crippen molar-refractivity contribution in [2.75, 3.05) is 6.54 Å². The molecule has 0 bridgehead atoms.